The lowest BCUT2D eigenvalue weighted by Gasteiger charge is -2.19. The molecule has 2 aromatic carbocycles. The van der Waals surface area contributed by atoms with Crippen LogP contribution in [-0.4, -0.2) is 6.54 Å². The fourth-order valence-electron chi connectivity index (χ4n) is 1.81. The molecule has 0 aliphatic carbocycles. The van der Waals surface area contributed by atoms with Gasteiger partial charge in [-0.2, -0.15) is 0 Å². The van der Waals surface area contributed by atoms with Gasteiger partial charge in [0.2, 0.25) is 0 Å². The van der Waals surface area contributed by atoms with Crippen molar-refractivity contribution in [2.75, 3.05) is 6.54 Å². The maximum Gasteiger partial charge on any atom is 0.139 e. The lowest BCUT2D eigenvalue weighted by atomic mass is 10.1. The fraction of sp³-hybridized carbons (Fsp3) is 0.200. The largest absolute Gasteiger partial charge is 0.483 e. The molecule has 2 nitrogen and oxygen atoms in total. The molecule has 4 heteroatoms. The Bertz CT molecular complexity index is 574. The summed E-state index contributed by atoms with van der Waals surface area (Å²) in [7, 11) is 0. The maximum atomic E-state index is 6.14. The lowest BCUT2D eigenvalue weighted by molar-refractivity contribution is 0.214. The number of rotatable bonds is 4. The number of benzene rings is 2. The molecular weight excluding hydrogens is 326 g/mol. The fourth-order valence-corrected chi connectivity index (χ4v) is 2.39. The third-order valence-corrected chi connectivity index (χ3v) is 3.60. The van der Waals surface area contributed by atoms with E-state index in [1.807, 2.05) is 49.4 Å². The summed E-state index contributed by atoms with van der Waals surface area (Å²) in [6.07, 6.45) is -0.211. The predicted octanol–water partition coefficient (Wildman–Crippen LogP) is 4.49. The molecule has 0 aromatic heterocycles. The number of hydrogen-bond acceptors (Lipinski definition) is 2. The summed E-state index contributed by atoms with van der Waals surface area (Å²) < 4.78 is 6.94. The molecule has 0 aliphatic heterocycles. The van der Waals surface area contributed by atoms with Gasteiger partial charge in [0.15, 0.2) is 0 Å². The highest BCUT2D eigenvalue weighted by atomic mass is 79.9. The van der Waals surface area contributed by atoms with Crippen molar-refractivity contribution >= 4 is 27.5 Å². The van der Waals surface area contributed by atoms with Gasteiger partial charge in [-0.25, -0.2) is 0 Å². The molecule has 0 saturated heterocycles. The van der Waals surface area contributed by atoms with Gasteiger partial charge >= 0.3 is 0 Å². The van der Waals surface area contributed by atoms with Crippen molar-refractivity contribution in [1.29, 1.82) is 0 Å². The number of halogens is 2. The molecule has 1 atom stereocenters. The van der Waals surface area contributed by atoms with E-state index in [2.05, 4.69) is 15.9 Å². The van der Waals surface area contributed by atoms with E-state index in [4.69, 9.17) is 22.1 Å². The van der Waals surface area contributed by atoms with Gasteiger partial charge in [0.1, 0.15) is 11.9 Å². The van der Waals surface area contributed by atoms with Crippen LogP contribution in [0.5, 0.6) is 5.75 Å². The van der Waals surface area contributed by atoms with Crippen LogP contribution in [0.25, 0.3) is 0 Å². The van der Waals surface area contributed by atoms with E-state index < -0.39 is 0 Å². The molecule has 0 heterocycles. The Morgan fingerprint density at radius 2 is 2.05 bits per heavy atom. The molecule has 0 spiro atoms. The van der Waals surface area contributed by atoms with Crippen molar-refractivity contribution in [3.05, 3.63) is 63.1 Å². The van der Waals surface area contributed by atoms with Crippen LogP contribution in [-0.2, 0) is 0 Å². The van der Waals surface area contributed by atoms with E-state index in [1.54, 1.807) is 0 Å². The van der Waals surface area contributed by atoms with E-state index in [-0.39, 0.29) is 6.10 Å². The first-order valence-corrected chi connectivity index (χ1v) is 7.15. The van der Waals surface area contributed by atoms with Crippen molar-refractivity contribution in [3.8, 4) is 5.75 Å². The topological polar surface area (TPSA) is 35.2 Å². The van der Waals surface area contributed by atoms with E-state index in [0.717, 1.165) is 15.6 Å². The summed E-state index contributed by atoms with van der Waals surface area (Å²) in [5, 5.41) is 0.596. The van der Waals surface area contributed by atoms with E-state index in [0.29, 0.717) is 17.3 Å². The molecule has 0 saturated carbocycles. The van der Waals surface area contributed by atoms with E-state index >= 15 is 0 Å². The highest BCUT2D eigenvalue weighted by Gasteiger charge is 2.13. The van der Waals surface area contributed by atoms with Crippen molar-refractivity contribution < 1.29 is 4.74 Å². The summed E-state index contributed by atoms with van der Waals surface area (Å²) in [4.78, 5) is 0. The standard InChI is InChI=1S/C15H15BrClNO/c1-10-5-6-13(17)14(7-10)19-15(9-18)11-3-2-4-12(16)8-11/h2-8,15H,9,18H2,1H3. The Labute approximate surface area is 126 Å². The Morgan fingerprint density at radius 3 is 2.74 bits per heavy atom. The number of ether oxygens (including phenoxy) is 1. The van der Waals surface area contributed by atoms with Gasteiger partial charge in [-0.05, 0) is 42.3 Å². The van der Waals surface area contributed by atoms with E-state index in [1.165, 1.54) is 0 Å². The Kier molecular flexibility index (Phi) is 4.86. The Hall–Kier alpha value is -1.03. The molecule has 2 N–H and O–H groups in total. The molecular formula is C15H15BrClNO. The first-order valence-electron chi connectivity index (χ1n) is 5.98. The van der Waals surface area contributed by atoms with Crippen molar-refractivity contribution in [2.24, 2.45) is 5.73 Å². The van der Waals surface area contributed by atoms with Gasteiger partial charge in [0, 0.05) is 11.0 Å². The first-order chi connectivity index (χ1) is 9.10. The molecule has 19 heavy (non-hydrogen) atoms. The van der Waals surface area contributed by atoms with Crippen molar-refractivity contribution in [2.45, 2.75) is 13.0 Å². The van der Waals surface area contributed by atoms with Gasteiger partial charge in [-0.3, -0.25) is 0 Å². The van der Waals surface area contributed by atoms with Crippen molar-refractivity contribution in [3.63, 3.8) is 0 Å². The zero-order chi connectivity index (χ0) is 13.8. The lowest BCUT2D eigenvalue weighted by Crippen LogP contribution is -2.18. The SMILES string of the molecule is Cc1ccc(Cl)c(OC(CN)c2cccc(Br)c2)c1. The van der Waals surface area contributed by atoms with E-state index in [9.17, 15) is 0 Å². The summed E-state index contributed by atoms with van der Waals surface area (Å²) in [6.45, 7) is 2.39. The third kappa shape index (κ3) is 3.72. The average Bonchev–Trinajstić information content (AvgIpc) is 2.39. The summed E-state index contributed by atoms with van der Waals surface area (Å²) in [5.41, 5.74) is 7.93. The second-order valence-corrected chi connectivity index (χ2v) is 5.65. The average molecular weight is 341 g/mol. The normalized spacial score (nSPS) is 12.2. The quantitative estimate of drug-likeness (QED) is 0.890. The van der Waals surface area contributed by atoms with Gasteiger partial charge in [-0.1, -0.05) is 45.7 Å². The molecule has 2 aromatic rings. The van der Waals surface area contributed by atoms with Crippen LogP contribution in [0.1, 0.15) is 17.2 Å². The minimum absolute atomic E-state index is 0.211. The first kappa shape index (κ1) is 14.4. The number of aryl methyl sites for hydroxylation is 1. The Balaban J connectivity index is 2.26. The van der Waals surface area contributed by atoms with Gasteiger partial charge in [0.05, 0.1) is 5.02 Å². The number of nitrogens with two attached hydrogens (primary N) is 1. The zero-order valence-corrected chi connectivity index (χ0v) is 12.9. The van der Waals surface area contributed by atoms with Crippen LogP contribution in [0.2, 0.25) is 5.02 Å². The third-order valence-electron chi connectivity index (χ3n) is 2.79. The molecule has 0 bridgehead atoms. The van der Waals surface area contributed by atoms with Crippen molar-refractivity contribution in [1.82, 2.24) is 0 Å². The molecule has 2 rings (SSSR count). The Morgan fingerprint density at radius 1 is 1.26 bits per heavy atom. The molecule has 0 fully saturated rings. The summed E-state index contributed by atoms with van der Waals surface area (Å²) in [5.74, 6) is 0.664. The van der Waals surface area contributed by atoms with Crippen LogP contribution in [0.4, 0.5) is 0 Å². The molecule has 100 valence electrons. The van der Waals surface area contributed by atoms with Crippen LogP contribution in [0, 0.1) is 6.92 Å². The van der Waals surface area contributed by atoms with Crippen LogP contribution in [0.3, 0.4) is 0 Å². The second kappa shape index (κ2) is 6.42. The van der Waals surface area contributed by atoms with Gasteiger partial charge in [0.25, 0.3) is 0 Å². The van der Waals surface area contributed by atoms with Crippen LogP contribution in [0.15, 0.2) is 46.9 Å². The summed E-state index contributed by atoms with van der Waals surface area (Å²) in [6, 6.07) is 13.6. The second-order valence-electron chi connectivity index (χ2n) is 4.33. The van der Waals surface area contributed by atoms with Gasteiger partial charge < -0.3 is 10.5 Å². The van der Waals surface area contributed by atoms with Gasteiger partial charge in [-0.15, -0.1) is 0 Å². The minimum atomic E-state index is -0.211. The molecule has 0 aliphatic rings. The highest BCUT2D eigenvalue weighted by molar-refractivity contribution is 9.10. The minimum Gasteiger partial charge on any atom is -0.483 e. The smallest absolute Gasteiger partial charge is 0.139 e. The van der Waals surface area contributed by atoms with Crippen LogP contribution >= 0.6 is 27.5 Å². The molecule has 0 radical (unpaired) electrons. The monoisotopic (exact) mass is 339 g/mol. The van der Waals surface area contributed by atoms with Crippen LogP contribution < -0.4 is 10.5 Å². The predicted molar refractivity (Wildman–Crippen MR) is 82.8 cm³/mol. The zero-order valence-electron chi connectivity index (χ0n) is 10.6. The molecule has 1 unspecified atom stereocenters. The molecule has 0 amide bonds. The highest BCUT2D eigenvalue weighted by Crippen LogP contribution is 2.30. The number of hydrogen-bond donors (Lipinski definition) is 1. The summed E-state index contributed by atoms with van der Waals surface area (Å²) >= 11 is 9.59. The maximum absolute atomic E-state index is 6.14.